The van der Waals surface area contributed by atoms with Crippen LogP contribution in [-0.4, -0.2) is 11.7 Å². The maximum absolute atomic E-state index is 12.0. The molecule has 98 valence electrons. The second kappa shape index (κ2) is 5.43. The summed E-state index contributed by atoms with van der Waals surface area (Å²) in [7, 11) is 0. The Hall–Kier alpha value is -2.20. The number of nitrogens with zero attached hydrogens (tertiary/aromatic N) is 1. The van der Waals surface area contributed by atoms with Crippen LogP contribution >= 0.6 is 15.9 Å². The summed E-state index contributed by atoms with van der Waals surface area (Å²) in [6, 6.07) is 17.3. The van der Waals surface area contributed by atoms with Crippen molar-refractivity contribution in [3.05, 3.63) is 75.9 Å². The van der Waals surface area contributed by atoms with Crippen molar-refractivity contribution in [1.82, 2.24) is 5.32 Å². The number of rotatable bonds is 2. The van der Waals surface area contributed by atoms with Gasteiger partial charge in [-0.05, 0) is 17.7 Å². The van der Waals surface area contributed by atoms with Crippen LogP contribution in [-0.2, 0) is 4.79 Å². The molecule has 0 aliphatic carbocycles. The predicted molar refractivity (Wildman–Crippen MR) is 83.2 cm³/mol. The molecule has 0 saturated heterocycles. The van der Waals surface area contributed by atoms with Crippen molar-refractivity contribution in [2.75, 3.05) is 0 Å². The van der Waals surface area contributed by atoms with Gasteiger partial charge in [0.2, 0.25) is 0 Å². The van der Waals surface area contributed by atoms with Gasteiger partial charge < -0.3 is 5.32 Å². The van der Waals surface area contributed by atoms with E-state index in [1.54, 1.807) is 6.08 Å². The number of carbonyl (C=O) groups is 1. The smallest absolute Gasteiger partial charge is 0.275 e. The van der Waals surface area contributed by atoms with Crippen molar-refractivity contribution in [2.24, 2.45) is 4.99 Å². The van der Waals surface area contributed by atoms with Gasteiger partial charge in [0, 0.05) is 10.0 Å². The highest BCUT2D eigenvalue weighted by Crippen LogP contribution is 2.20. The van der Waals surface area contributed by atoms with Crippen LogP contribution in [0, 0.1) is 0 Å². The van der Waals surface area contributed by atoms with E-state index in [2.05, 4.69) is 26.2 Å². The second-order valence-electron chi connectivity index (χ2n) is 4.33. The van der Waals surface area contributed by atoms with E-state index in [0.717, 1.165) is 15.6 Å². The molecule has 0 unspecified atom stereocenters. The maximum Gasteiger partial charge on any atom is 0.275 e. The molecule has 0 fully saturated rings. The molecule has 3 nitrogen and oxygen atoms in total. The van der Waals surface area contributed by atoms with Gasteiger partial charge in [-0.3, -0.25) is 4.79 Å². The van der Waals surface area contributed by atoms with E-state index in [0.29, 0.717) is 11.5 Å². The standard InChI is InChI=1S/C16H11BrN2O/c17-13-9-5-4-8-12(13)15-18-14(16(20)19-15)10-11-6-2-1-3-7-11/h1-10H,(H,18,19,20)/b14-10-. The number of amidine groups is 1. The molecular weight excluding hydrogens is 316 g/mol. The largest absolute Gasteiger partial charge is 0.305 e. The summed E-state index contributed by atoms with van der Waals surface area (Å²) in [4.78, 5) is 16.3. The molecule has 0 aromatic heterocycles. The maximum atomic E-state index is 12.0. The van der Waals surface area contributed by atoms with Crippen LogP contribution in [0.15, 0.2) is 69.8 Å². The fourth-order valence-electron chi connectivity index (χ4n) is 1.96. The van der Waals surface area contributed by atoms with Crippen molar-refractivity contribution in [3.63, 3.8) is 0 Å². The second-order valence-corrected chi connectivity index (χ2v) is 5.19. The monoisotopic (exact) mass is 326 g/mol. The fourth-order valence-corrected chi connectivity index (χ4v) is 2.43. The van der Waals surface area contributed by atoms with E-state index in [9.17, 15) is 4.79 Å². The van der Waals surface area contributed by atoms with E-state index < -0.39 is 0 Å². The van der Waals surface area contributed by atoms with Gasteiger partial charge in [-0.2, -0.15) is 0 Å². The molecule has 2 aromatic rings. The molecule has 3 rings (SSSR count). The third-order valence-electron chi connectivity index (χ3n) is 2.93. The third kappa shape index (κ3) is 2.56. The summed E-state index contributed by atoms with van der Waals surface area (Å²) >= 11 is 3.46. The lowest BCUT2D eigenvalue weighted by Crippen LogP contribution is -2.24. The van der Waals surface area contributed by atoms with E-state index in [1.807, 2.05) is 54.6 Å². The average Bonchev–Trinajstić information content (AvgIpc) is 2.81. The van der Waals surface area contributed by atoms with Crippen LogP contribution in [0.5, 0.6) is 0 Å². The zero-order valence-corrected chi connectivity index (χ0v) is 12.1. The lowest BCUT2D eigenvalue weighted by Gasteiger charge is -2.02. The highest BCUT2D eigenvalue weighted by Gasteiger charge is 2.22. The first-order valence-corrected chi connectivity index (χ1v) is 6.95. The van der Waals surface area contributed by atoms with Gasteiger partial charge in [-0.25, -0.2) is 4.99 Å². The molecule has 20 heavy (non-hydrogen) atoms. The molecule has 1 heterocycles. The number of hydrogen-bond donors (Lipinski definition) is 1. The molecule has 1 aliphatic rings. The summed E-state index contributed by atoms with van der Waals surface area (Å²) in [5, 5.41) is 2.79. The van der Waals surface area contributed by atoms with Crippen molar-refractivity contribution in [3.8, 4) is 0 Å². The van der Waals surface area contributed by atoms with Crippen LogP contribution in [0.2, 0.25) is 0 Å². The minimum absolute atomic E-state index is 0.181. The number of nitrogens with one attached hydrogen (secondary N) is 1. The Morgan fingerprint density at radius 1 is 1.00 bits per heavy atom. The average molecular weight is 327 g/mol. The number of halogens is 1. The van der Waals surface area contributed by atoms with Crippen molar-refractivity contribution < 1.29 is 4.79 Å². The Morgan fingerprint density at radius 3 is 2.45 bits per heavy atom. The zero-order valence-electron chi connectivity index (χ0n) is 10.5. The molecule has 1 N–H and O–H groups in total. The number of hydrogen-bond acceptors (Lipinski definition) is 2. The summed E-state index contributed by atoms with van der Waals surface area (Å²) in [6.45, 7) is 0. The van der Waals surface area contributed by atoms with Gasteiger partial charge >= 0.3 is 0 Å². The van der Waals surface area contributed by atoms with Crippen molar-refractivity contribution in [1.29, 1.82) is 0 Å². The van der Waals surface area contributed by atoms with Gasteiger partial charge in [-0.1, -0.05) is 64.5 Å². The first-order chi connectivity index (χ1) is 9.74. The predicted octanol–water partition coefficient (Wildman–Crippen LogP) is 3.37. The van der Waals surface area contributed by atoms with Crippen LogP contribution in [0.3, 0.4) is 0 Å². The van der Waals surface area contributed by atoms with Crippen molar-refractivity contribution in [2.45, 2.75) is 0 Å². The first kappa shape index (κ1) is 12.8. The van der Waals surface area contributed by atoms with Gasteiger partial charge in [-0.15, -0.1) is 0 Å². The minimum Gasteiger partial charge on any atom is -0.305 e. The van der Waals surface area contributed by atoms with Crippen LogP contribution < -0.4 is 5.32 Å². The van der Waals surface area contributed by atoms with Gasteiger partial charge in [0.05, 0.1) is 0 Å². The number of amides is 1. The molecule has 0 atom stereocenters. The lowest BCUT2D eigenvalue weighted by molar-refractivity contribution is -0.115. The Bertz CT molecular complexity index is 720. The molecule has 1 aliphatic heterocycles. The molecule has 1 amide bonds. The van der Waals surface area contributed by atoms with Gasteiger partial charge in [0.25, 0.3) is 5.91 Å². The van der Waals surface area contributed by atoms with E-state index in [-0.39, 0.29) is 5.91 Å². The van der Waals surface area contributed by atoms with Crippen LogP contribution in [0.25, 0.3) is 6.08 Å². The molecule has 0 bridgehead atoms. The zero-order chi connectivity index (χ0) is 13.9. The van der Waals surface area contributed by atoms with Crippen LogP contribution in [0.1, 0.15) is 11.1 Å². The molecule has 0 spiro atoms. The third-order valence-corrected chi connectivity index (χ3v) is 3.62. The quantitative estimate of drug-likeness (QED) is 0.844. The number of carbonyl (C=O) groups excluding carboxylic acids is 1. The highest BCUT2D eigenvalue weighted by atomic mass is 79.9. The summed E-state index contributed by atoms with van der Waals surface area (Å²) in [5.74, 6) is 0.393. The first-order valence-electron chi connectivity index (χ1n) is 6.16. The molecule has 0 radical (unpaired) electrons. The number of benzene rings is 2. The normalized spacial score (nSPS) is 16.1. The van der Waals surface area contributed by atoms with E-state index >= 15 is 0 Å². The molecule has 0 saturated carbocycles. The summed E-state index contributed by atoms with van der Waals surface area (Å²) in [6.07, 6.45) is 1.78. The summed E-state index contributed by atoms with van der Waals surface area (Å²) in [5.41, 5.74) is 2.24. The van der Waals surface area contributed by atoms with Gasteiger partial charge in [0.15, 0.2) is 0 Å². The molecule has 4 heteroatoms. The highest BCUT2D eigenvalue weighted by molar-refractivity contribution is 9.10. The Balaban J connectivity index is 1.98. The summed E-state index contributed by atoms with van der Waals surface area (Å²) < 4.78 is 0.903. The molecule has 2 aromatic carbocycles. The van der Waals surface area contributed by atoms with E-state index in [1.165, 1.54) is 0 Å². The van der Waals surface area contributed by atoms with Gasteiger partial charge in [0.1, 0.15) is 11.5 Å². The minimum atomic E-state index is -0.181. The SMILES string of the molecule is O=C1NC(c2ccccc2Br)=N/C1=C\c1ccccc1. The van der Waals surface area contributed by atoms with Crippen LogP contribution in [0.4, 0.5) is 0 Å². The molecular formula is C16H11BrN2O. The Kier molecular flexibility index (Phi) is 3.48. The van der Waals surface area contributed by atoms with Crippen molar-refractivity contribution >= 4 is 33.7 Å². The van der Waals surface area contributed by atoms with E-state index in [4.69, 9.17) is 0 Å². The Labute approximate surface area is 125 Å². The fraction of sp³-hybridized carbons (Fsp3) is 0. The lowest BCUT2D eigenvalue weighted by atomic mass is 10.2. The Morgan fingerprint density at radius 2 is 1.70 bits per heavy atom. The topological polar surface area (TPSA) is 41.5 Å². The number of aliphatic imine (C=N–C) groups is 1.